The number of anilines is 1. The van der Waals surface area contributed by atoms with E-state index in [0.717, 1.165) is 6.42 Å². The summed E-state index contributed by atoms with van der Waals surface area (Å²) in [6.07, 6.45) is 5.42. The van der Waals surface area contributed by atoms with Crippen LogP contribution in [0.4, 0.5) is 5.69 Å². The first-order chi connectivity index (χ1) is 13.5. The molecule has 2 bridgehead atoms. The van der Waals surface area contributed by atoms with Crippen LogP contribution in [0.15, 0.2) is 47.3 Å². The number of para-hydroxylation sites is 1. The van der Waals surface area contributed by atoms with Crippen molar-refractivity contribution in [3.8, 4) is 5.69 Å². The Hall–Kier alpha value is -2.89. The monoisotopic (exact) mass is 375 g/mol. The van der Waals surface area contributed by atoms with E-state index in [4.69, 9.17) is 0 Å². The van der Waals surface area contributed by atoms with Crippen molar-refractivity contribution >= 4 is 17.5 Å². The van der Waals surface area contributed by atoms with Gasteiger partial charge in [-0.2, -0.15) is 0 Å². The van der Waals surface area contributed by atoms with Crippen molar-refractivity contribution in [2.45, 2.75) is 13.3 Å². The number of aromatic nitrogens is 2. The minimum Gasteiger partial charge on any atom is -0.283 e. The second-order valence-corrected chi connectivity index (χ2v) is 8.58. The van der Waals surface area contributed by atoms with Crippen molar-refractivity contribution in [1.29, 1.82) is 0 Å². The topological polar surface area (TPSA) is 64.3 Å². The molecule has 6 atom stereocenters. The normalized spacial score (nSPS) is 34.7. The third kappa shape index (κ3) is 1.76. The van der Waals surface area contributed by atoms with Gasteiger partial charge in [-0.1, -0.05) is 30.4 Å². The van der Waals surface area contributed by atoms with Crippen LogP contribution >= 0.6 is 0 Å². The second kappa shape index (κ2) is 5.13. The van der Waals surface area contributed by atoms with E-state index in [0.29, 0.717) is 23.2 Å². The molecule has 2 amide bonds. The predicted molar refractivity (Wildman–Crippen MR) is 103 cm³/mol. The lowest BCUT2D eigenvalue weighted by Crippen LogP contribution is -2.40. The van der Waals surface area contributed by atoms with Gasteiger partial charge >= 0.3 is 0 Å². The number of carbonyl (C=O) groups excluding carboxylic acids is 2. The third-order valence-electron chi connectivity index (χ3n) is 7.41. The van der Waals surface area contributed by atoms with Gasteiger partial charge in [0.15, 0.2) is 0 Å². The zero-order chi connectivity index (χ0) is 19.3. The molecule has 3 fully saturated rings. The first kappa shape index (κ1) is 16.1. The van der Waals surface area contributed by atoms with Gasteiger partial charge in [0.05, 0.1) is 23.2 Å². The van der Waals surface area contributed by atoms with Gasteiger partial charge in [-0.15, -0.1) is 0 Å². The van der Waals surface area contributed by atoms with Gasteiger partial charge in [0.2, 0.25) is 11.8 Å². The molecule has 2 saturated carbocycles. The molecule has 6 heteroatoms. The summed E-state index contributed by atoms with van der Waals surface area (Å²) in [5.74, 6) is 0.433. The van der Waals surface area contributed by atoms with Crippen LogP contribution in [0.25, 0.3) is 5.69 Å². The van der Waals surface area contributed by atoms with Crippen LogP contribution in [-0.4, -0.2) is 21.2 Å². The number of nitrogens with zero attached hydrogens (tertiary/aromatic N) is 3. The number of allylic oxidation sites excluding steroid dienone is 2. The number of amides is 2. The van der Waals surface area contributed by atoms with E-state index in [1.807, 2.05) is 30.3 Å². The van der Waals surface area contributed by atoms with Gasteiger partial charge < -0.3 is 0 Å². The van der Waals surface area contributed by atoms with E-state index in [-0.39, 0.29) is 46.7 Å². The van der Waals surface area contributed by atoms with E-state index in [9.17, 15) is 14.4 Å². The quantitative estimate of drug-likeness (QED) is 0.596. The zero-order valence-corrected chi connectivity index (χ0v) is 15.8. The molecule has 5 aliphatic rings. The van der Waals surface area contributed by atoms with Crippen LogP contribution in [0, 0.1) is 42.4 Å². The number of carbonyl (C=O) groups is 2. The third-order valence-corrected chi connectivity index (χ3v) is 7.41. The molecule has 0 N–H and O–H groups in total. The minimum absolute atomic E-state index is 0.154. The highest BCUT2D eigenvalue weighted by atomic mass is 16.2. The smallest absolute Gasteiger partial charge is 0.283 e. The fraction of sp³-hybridized carbons (Fsp3) is 0.409. The van der Waals surface area contributed by atoms with Gasteiger partial charge in [0.25, 0.3) is 5.56 Å². The maximum atomic E-state index is 13.4. The fourth-order valence-corrected chi connectivity index (χ4v) is 5.99. The molecule has 7 rings (SSSR count). The Balaban J connectivity index is 1.49. The summed E-state index contributed by atoms with van der Waals surface area (Å²) < 4.78 is 3.25. The summed E-state index contributed by atoms with van der Waals surface area (Å²) in [5.41, 5.74) is 1.23. The summed E-state index contributed by atoms with van der Waals surface area (Å²) in [6.45, 7) is 1.79. The van der Waals surface area contributed by atoms with Crippen LogP contribution in [-0.2, 0) is 16.6 Å². The highest BCUT2D eigenvalue weighted by Crippen LogP contribution is 2.65. The number of rotatable bonds is 2. The van der Waals surface area contributed by atoms with Crippen LogP contribution in [0.3, 0.4) is 0 Å². The Morgan fingerprint density at radius 3 is 2.04 bits per heavy atom. The lowest BCUT2D eigenvalue weighted by Gasteiger charge is -2.37. The Morgan fingerprint density at radius 2 is 1.46 bits per heavy atom. The first-order valence-electron chi connectivity index (χ1n) is 9.91. The van der Waals surface area contributed by atoms with Gasteiger partial charge in [0.1, 0.15) is 5.69 Å². The van der Waals surface area contributed by atoms with Crippen LogP contribution in [0.2, 0.25) is 0 Å². The molecule has 6 nitrogen and oxygen atoms in total. The molecule has 1 aromatic carbocycles. The molecular formula is C22H21N3O3. The predicted octanol–water partition coefficient (Wildman–Crippen LogP) is 2.04. The Kier molecular flexibility index (Phi) is 2.95. The van der Waals surface area contributed by atoms with Crippen molar-refractivity contribution in [2.75, 3.05) is 4.90 Å². The summed E-state index contributed by atoms with van der Waals surface area (Å²) in [5, 5.41) is 0. The van der Waals surface area contributed by atoms with Crippen molar-refractivity contribution in [2.24, 2.45) is 42.6 Å². The molecule has 1 saturated heterocycles. The average molecular weight is 375 g/mol. The summed E-state index contributed by atoms with van der Waals surface area (Å²) in [7, 11) is 1.78. The maximum Gasteiger partial charge on any atom is 0.296 e. The highest BCUT2D eigenvalue weighted by molar-refractivity contribution is 6.22. The van der Waals surface area contributed by atoms with Gasteiger partial charge in [-0.05, 0) is 49.1 Å². The number of imide groups is 1. The molecule has 2 heterocycles. The lowest BCUT2D eigenvalue weighted by atomic mass is 9.63. The number of hydrogen-bond donors (Lipinski definition) is 0. The lowest BCUT2D eigenvalue weighted by molar-refractivity contribution is -0.124. The van der Waals surface area contributed by atoms with Crippen molar-refractivity contribution in [3.63, 3.8) is 0 Å². The molecular weight excluding hydrogens is 354 g/mol. The van der Waals surface area contributed by atoms with E-state index in [2.05, 4.69) is 12.2 Å². The Bertz CT molecular complexity index is 1090. The van der Waals surface area contributed by atoms with Crippen molar-refractivity contribution in [1.82, 2.24) is 9.36 Å². The molecule has 1 aromatic heterocycles. The molecule has 142 valence electrons. The fourth-order valence-electron chi connectivity index (χ4n) is 5.99. The van der Waals surface area contributed by atoms with Gasteiger partial charge in [-0.3, -0.25) is 19.1 Å². The van der Waals surface area contributed by atoms with Gasteiger partial charge in [-0.25, -0.2) is 9.58 Å². The van der Waals surface area contributed by atoms with E-state index in [1.165, 1.54) is 9.58 Å². The highest BCUT2D eigenvalue weighted by Gasteiger charge is 2.67. The maximum absolute atomic E-state index is 13.4. The van der Waals surface area contributed by atoms with Crippen LogP contribution in [0.1, 0.15) is 12.1 Å². The van der Waals surface area contributed by atoms with E-state index in [1.54, 1.807) is 18.7 Å². The summed E-state index contributed by atoms with van der Waals surface area (Å²) in [6, 6.07) is 9.29. The first-order valence-corrected chi connectivity index (χ1v) is 9.91. The second-order valence-electron chi connectivity index (χ2n) is 8.58. The number of benzene rings is 1. The van der Waals surface area contributed by atoms with E-state index < -0.39 is 0 Å². The molecule has 1 aliphatic heterocycles. The SMILES string of the molecule is Cc1c(N2C(=O)[C@@H]3[C@@H]4C=C[C@@H]([C@@H]5C[C@@H]45)[C@@H]3C2=O)c(=O)n(-c2ccccc2)n1C. The molecule has 2 aromatic rings. The Morgan fingerprint density at radius 1 is 0.893 bits per heavy atom. The minimum atomic E-state index is -0.322. The van der Waals surface area contributed by atoms with Crippen LogP contribution in [0.5, 0.6) is 0 Å². The molecule has 28 heavy (non-hydrogen) atoms. The molecule has 0 radical (unpaired) electrons. The largest absolute Gasteiger partial charge is 0.296 e. The zero-order valence-electron chi connectivity index (χ0n) is 15.8. The van der Waals surface area contributed by atoms with Crippen LogP contribution < -0.4 is 10.5 Å². The molecule has 0 unspecified atom stereocenters. The summed E-state index contributed by atoms with van der Waals surface area (Å²) in [4.78, 5) is 41.3. The van der Waals surface area contributed by atoms with Crippen molar-refractivity contribution < 1.29 is 9.59 Å². The van der Waals surface area contributed by atoms with E-state index >= 15 is 0 Å². The van der Waals surface area contributed by atoms with Crippen molar-refractivity contribution in [3.05, 3.63) is 58.5 Å². The number of hydrogen-bond acceptors (Lipinski definition) is 3. The standard InChI is InChI=1S/C22H21N3O3/c1-11-19(22(28)25(23(11)2)12-6-4-3-5-7-12)24-20(26)17-13-8-9-14(16-10-15(13)16)18(17)21(24)27/h3-9,13-18H,10H2,1-2H3/t13-,14+,15-,16-,17-,18+/m0/s1. The van der Waals surface area contributed by atoms with Gasteiger partial charge in [0, 0.05) is 7.05 Å². The summed E-state index contributed by atoms with van der Waals surface area (Å²) >= 11 is 0. The molecule has 0 spiro atoms. The molecule has 4 aliphatic carbocycles. The average Bonchev–Trinajstić information content (AvgIpc) is 3.45. The Labute approximate surface area is 162 Å².